The number of carbonyl (C=O) groups is 3. The summed E-state index contributed by atoms with van der Waals surface area (Å²) in [7, 11) is 0. The number of anilines is 2. The molecule has 4 heterocycles. The minimum atomic E-state index is -0.900. The SMILES string of the molecule is CC(C)(C(=O)N1CCC(c2ccc(NC(=O)C3CN(c4cccnc4)C3)cc2)CC1)N1CCN(C(=O)O)CC1. The third kappa shape index (κ3) is 5.85. The van der Waals surface area contributed by atoms with Crippen LogP contribution in [0.25, 0.3) is 0 Å². The molecule has 2 aromatic rings. The molecular formula is C29H38N6O4. The second-order valence-electron chi connectivity index (χ2n) is 11.3. The monoisotopic (exact) mass is 534 g/mol. The van der Waals surface area contributed by atoms with Gasteiger partial charge in [-0.25, -0.2) is 4.79 Å². The van der Waals surface area contributed by atoms with Gasteiger partial charge < -0.3 is 25.1 Å². The highest BCUT2D eigenvalue weighted by Gasteiger charge is 2.40. The quantitative estimate of drug-likeness (QED) is 0.587. The van der Waals surface area contributed by atoms with E-state index in [1.54, 1.807) is 6.20 Å². The van der Waals surface area contributed by atoms with Crippen LogP contribution in [0.15, 0.2) is 48.8 Å². The van der Waals surface area contributed by atoms with Gasteiger partial charge >= 0.3 is 6.09 Å². The Hall–Kier alpha value is -3.66. The number of aromatic nitrogens is 1. The molecule has 2 N–H and O–H groups in total. The molecule has 0 bridgehead atoms. The molecular weight excluding hydrogens is 496 g/mol. The zero-order valence-electron chi connectivity index (χ0n) is 22.8. The molecule has 0 aliphatic carbocycles. The number of benzene rings is 1. The first kappa shape index (κ1) is 26.9. The molecule has 5 rings (SSSR count). The molecule has 0 saturated carbocycles. The fraction of sp³-hybridized carbons (Fsp3) is 0.517. The van der Waals surface area contributed by atoms with Crippen LogP contribution in [0.4, 0.5) is 16.2 Å². The Morgan fingerprint density at radius 1 is 0.923 bits per heavy atom. The maximum atomic E-state index is 13.4. The zero-order chi connectivity index (χ0) is 27.6. The summed E-state index contributed by atoms with van der Waals surface area (Å²) in [5, 5.41) is 12.3. The van der Waals surface area contributed by atoms with Crippen molar-refractivity contribution in [1.29, 1.82) is 0 Å². The molecule has 208 valence electrons. The molecule has 1 aromatic carbocycles. The lowest BCUT2D eigenvalue weighted by atomic mass is 9.88. The van der Waals surface area contributed by atoms with Crippen LogP contribution >= 0.6 is 0 Å². The summed E-state index contributed by atoms with van der Waals surface area (Å²) < 4.78 is 0. The molecule has 3 aliphatic rings. The first-order valence-electron chi connectivity index (χ1n) is 13.8. The van der Waals surface area contributed by atoms with E-state index in [1.165, 1.54) is 10.5 Å². The number of hydrogen-bond acceptors (Lipinski definition) is 6. The minimum Gasteiger partial charge on any atom is -0.465 e. The average molecular weight is 535 g/mol. The van der Waals surface area contributed by atoms with Crippen molar-refractivity contribution in [2.24, 2.45) is 5.92 Å². The molecule has 0 spiro atoms. The molecule has 39 heavy (non-hydrogen) atoms. The Kier molecular flexibility index (Phi) is 7.74. The average Bonchev–Trinajstić information content (AvgIpc) is 2.93. The molecule has 3 amide bonds. The van der Waals surface area contributed by atoms with Crippen LogP contribution in [0, 0.1) is 5.92 Å². The van der Waals surface area contributed by atoms with Gasteiger partial charge in [0.2, 0.25) is 11.8 Å². The van der Waals surface area contributed by atoms with Gasteiger partial charge in [-0.1, -0.05) is 12.1 Å². The lowest BCUT2D eigenvalue weighted by Gasteiger charge is -2.45. The van der Waals surface area contributed by atoms with Gasteiger partial charge in [0.05, 0.1) is 23.3 Å². The number of pyridine rings is 1. The number of nitrogens with one attached hydrogen (secondary N) is 1. The fourth-order valence-corrected chi connectivity index (χ4v) is 5.87. The second kappa shape index (κ2) is 11.2. The molecule has 10 heteroatoms. The van der Waals surface area contributed by atoms with E-state index in [2.05, 4.69) is 32.2 Å². The summed E-state index contributed by atoms with van der Waals surface area (Å²) in [6.45, 7) is 8.68. The van der Waals surface area contributed by atoms with Crippen molar-refractivity contribution < 1.29 is 19.5 Å². The molecule has 3 fully saturated rings. The number of amides is 3. The zero-order valence-corrected chi connectivity index (χ0v) is 22.8. The molecule has 0 atom stereocenters. The van der Waals surface area contributed by atoms with E-state index in [-0.39, 0.29) is 17.7 Å². The van der Waals surface area contributed by atoms with Crippen molar-refractivity contribution >= 4 is 29.3 Å². The van der Waals surface area contributed by atoms with E-state index >= 15 is 0 Å². The topological polar surface area (TPSA) is 109 Å². The first-order chi connectivity index (χ1) is 18.7. The molecule has 1 aromatic heterocycles. The Bertz CT molecular complexity index is 1170. The summed E-state index contributed by atoms with van der Waals surface area (Å²) in [6, 6.07) is 12.0. The number of carboxylic acid groups (broad SMARTS) is 1. The number of piperidine rings is 1. The van der Waals surface area contributed by atoms with Gasteiger partial charge in [0.25, 0.3) is 0 Å². The highest BCUT2D eigenvalue weighted by molar-refractivity contribution is 5.94. The Labute approximate surface area is 229 Å². The maximum absolute atomic E-state index is 13.4. The van der Waals surface area contributed by atoms with E-state index in [9.17, 15) is 19.5 Å². The van der Waals surface area contributed by atoms with Crippen LogP contribution in [-0.4, -0.2) is 101 Å². The number of carbonyl (C=O) groups excluding carboxylic acids is 2. The van der Waals surface area contributed by atoms with Crippen LogP contribution < -0.4 is 10.2 Å². The molecule has 10 nitrogen and oxygen atoms in total. The van der Waals surface area contributed by atoms with E-state index in [0.717, 1.165) is 24.2 Å². The minimum absolute atomic E-state index is 0.0305. The highest BCUT2D eigenvalue weighted by atomic mass is 16.4. The largest absolute Gasteiger partial charge is 0.465 e. The van der Waals surface area contributed by atoms with Gasteiger partial charge in [0.15, 0.2) is 0 Å². The van der Waals surface area contributed by atoms with Crippen molar-refractivity contribution in [2.45, 2.75) is 38.1 Å². The van der Waals surface area contributed by atoms with Gasteiger partial charge in [0, 0.05) is 64.2 Å². The Morgan fingerprint density at radius 2 is 1.59 bits per heavy atom. The van der Waals surface area contributed by atoms with E-state index in [4.69, 9.17) is 0 Å². The van der Waals surface area contributed by atoms with Crippen LogP contribution in [-0.2, 0) is 9.59 Å². The van der Waals surface area contributed by atoms with Gasteiger partial charge in [-0.3, -0.25) is 19.5 Å². The highest BCUT2D eigenvalue weighted by Crippen LogP contribution is 2.31. The Balaban J connectivity index is 1.08. The van der Waals surface area contributed by atoms with Crippen LogP contribution in [0.3, 0.4) is 0 Å². The normalized spacial score (nSPS) is 19.5. The van der Waals surface area contributed by atoms with Crippen LogP contribution in [0.1, 0.15) is 38.2 Å². The molecule has 3 saturated heterocycles. The molecule has 3 aliphatic heterocycles. The maximum Gasteiger partial charge on any atom is 0.407 e. The van der Waals surface area contributed by atoms with E-state index < -0.39 is 11.6 Å². The predicted octanol–water partition coefficient (Wildman–Crippen LogP) is 2.94. The summed E-state index contributed by atoms with van der Waals surface area (Å²) in [6.07, 6.45) is 4.46. The van der Waals surface area contributed by atoms with Crippen LogP contribution in [0.2, 0.25) is 0 Å². The van der Waals surface area contributed by atoms with E-state index in [0.29, 0.717) is 58.3 Å². The van der Waals surface area contributed by atoms with Crippen LogP contribution in [0.5, 0.6) is 0 Å². The first-order valence-corrected chi connectivity index (χ1v) is 13.8. The number of hydrogen-bond donors (Lipinski definition) is 2. The lowest BCUT2D eigenvalue weighted by molar-refractivity contribution is -0.144. The smallest absolute Gasteiger partial charge is 0.407 e. The van der Waals surface area contributed by atoms with Crippen molar-refractivity contribution in [1.82, 2.24) is 19.7 Å². The van der Waals surface area contributed by atoms with E-state index in [1.807, 2.05) is 49.2 Å². The number of nitrogens with zero attached hydrogens (tertiary/aromatic N) is 5. The fourth-order valence-electron chi connectivity index (χ4n) is 5.87. The Morgan fingerprint density at radius 3 is 2.18 bits per heavy atom. The molecule has 0 radical (unpaired) electrons. The van der Waals surface area contributed by atoms with Gasteiger partial charge in [-0.15, -0.1) is 0 Å². The predicted molar refractivity (Wildman–Crippen MR) is 149 cm³/mol. The van der Waals surface area contributed by atoms with Crippen molar-refractivity contribution in [3.8, 4) is 0 Å². The third-order valence-corrected chi connectivity index (χ3v) is 8.56. The number of likely N-dealkylation sites (tertiary alicyclic amines) is 1. The van der Waals surface area contributed by atoms with Gasteiger partial charge in [-0.2, -0.15) is 0 Å². The van der Waals surface area contributed by atoms with Crippen molar-refractivity contribution in [2.75, 3.05) is 62.6 Å². The summed E-state index contributed by atoms with van der Waals surface area (Å²) in [5.74, 6) is 0.500. The van der Waals surface area contributed by atoms with Gasteiger partial charge in [-0.05, 0) is 62.4 Å². The van der Waals surface area contributed by atoms with Crippen molar-refractivity contribution in [3.05, 3.63) is 54.4 Å². The number of rotatable bonds is 6. The summed E-state index contributed by atoms with van der Waals surface area (Å²) in [5.41, 5.74) is 2.42. The molecule has 0 unspecified atom stereocenters. The van der Waals surface area contributed by atoms with Gasteiger partial charge in [0.1, 0.15) is 0 Å². The standard InChI is InChI=1S/C29H38N6O4/c1-29(2,35-16-14-33(15-17-35)28(38)39)27(37)32-12-9-22(10-13-32)21-5-7-24(8-6-21)31-26(36)23-19-34(20-23)25-4-3-11-30-18-25/h3-8,11,18,22-23H,9-10,12-17,19-20H2,1-2H3,(H,31,36)(H,38,39). The third-order valence-electron chi connectivity index (χ3n) is 8.56. The number of piperazine rings is 1. The second-order valence-corrected chi connectivity index (χ2v) is 11.3. The lowest BCUT2D eigenvalue weighted by Crippen LogP contribution is -2.62. The van der Waals surface area contributed by atoms with Crippen molar-refractivity contribution in [3.63, 3.8) is 0 Å². The summed E-state index contributed by atoms with van der Waals surface area (Å²) >= 11 is 0. The summed E-state index contributed by atoms with van der Waals surface area (Å²) in [4.78, 5) is 49.1.